The van der Waals surface area contributed by atoms with Gasteiger partial charge in [0.05, 0.1) is 7.11 Å². The summed E-state index contributed by atoms with van der Waals surface area (Å²) in [7, 11) is 1.38. The third-order valence-corrected chi connectivity index (χ3v) is 5.90. The minimum Gasteiger partial charge on any atom is -0.464 e. The maximum Gasteiger partial charge on any atom is 0.354 e. The first-order valence-corrected chi connectivity index (χ1v) is 10.0. The van der Waals surface area contributed by atoms with Crippen LogP contribution in [0.15, 0.2) is 45.4 Å². The smallest absolute Gasteiger partial charge is 0.354 e. The van der Waals surface area contributed by atoms with Crippen molar-refractivity contribution in [2.75, 3.05) is 20.2 Å². The zero-order chi connectivity index (χ0) is 19.8. The fourth-order valence-corrected chi connectivity index (χ4v) is 4.24. The zero-order valence-corrected chi connectivity index (χ0v) is 17.4. The summed E-state index contributed by atoms with van der Waals surface area (Å²) < 4.78 is 13.6. The molecule has 1 amide bonds. The molecule has 3 heterocycles. The highest BCUT2D eigenvalue weighted by atomic mass is 79.9. The van der Waals surface area contributed by atoms with E-state index in [4.69, 9.17) is 9.15 Å². The van der Waals surface area contributed by atoms with Crippen LogP contribution in [0.5, 0.6) is 0 Å². The van der Waals surface area contributed by atoms with Crippen molar-refractivity contribution in [1.29, 1.82) is 0 Å². The Balaban J connectivity index is 1.50. The summed E-state index contributed by atoms with van der Waals surface area (Å²) in [6.07, 6.45) is 3.44. The second-order valence-corrected chi connectivity index (χ2v) is 7.93. The number of likely N-dealkylation sites (tertiary alicyclic amines) is 1. The highest BCUT2D eigenvalue weighted by molar-refractivity contribution is 9.10. The van der Waals surface area contributed by atoms with E-state index < -0.39 is 0 Å². The molecule has 1 aliphatic heterocycles. The monoisotopic (exact) mass is 444 g/mol. The Morgan fingerprint density at radius 3 is 2.68 bits per heavy atom. The molecule has 1 aromatic carbocycles. The van der Waals surface area contributed by atoms with E-state index >= 15 is 0 Å². The number of hydrogen-bond acceptors (Lipinski definition) is 4. The van der Waals surface area contributed by atoms with Crippen molar-refractivity contribution >= 4 is 38.8 Å². The van der Waals surface area contributed by atoms with Crippen LogP contribution in [0.3, 0.4) is 0 Å². The lowest BCUT2D eigenvalue weighted by atomic mass is 10.0. The molecule has 3 aromatic rings. The number of ether oxygens (including phenoxy) is 1. The van der Waals surface area contributed by atoms with Crippen molar-refractivity contribution < 1.29 is 18.7 Å². The number of rotatable bonds is 3. The number of benzene rings is 1. The van der Waals surface area contributed by atoms with Crippen molar-refractivity contribution in [3.8, 4) is 0 Å². The van der Waals surface area contributed by atoms with Crippen LogP contribution >= 0.6 is 15.9 Å². The molecule has 2 aromatic heterocycles. The second kappa shape index (κ2) is 7.47. The average molecular weight is 445 g/mol. The van der Waals surface area contributed by atoms with Gasteiger partial charge in [0.25, 0.3) is 5.91 Å². The number of halogens is 1. The van der Waals surface area contributed by atoms with Crippen molar-refractivity contribution in [2.45, 2.75) is 25.8 Å². The molecule has 0 unspecified atom stereocenters. The molecule has 0 saturated carbocycles. The van der Waals surface area contributed by atoms with Gasteiger partial charge in [-0.3, -0.25) is 4.79 Å². The molecule has 0 bridgehead atoms. The molecule has 0 aliphatic carbocycles. The summed E-state index contributed by atoms with van der Waals surface area (Å²) in [6, 6.07) is 9.52. The van der Waals surface area contributed by atoms with E-state index in [1.165, 1.54) is 7.11 Å². The third kappa shape index (κ3) is 3.24. The summed E-state index contributed by atoms with van der Waals surface area (Å²) in [5.74, 6) is -0.0145. The van der Waals surface area contributed by atoms with Gasteiger partial charge in [-0.25, -0.2) is 4.79 Å². The molecule has 0 N–H and O–H groups in total. The van der Waals surface area contributed by atoms with Crippen molar-refractivity contribution in [1.82, 2.24) is 9.47 Å². The Morgan fingerprint density at radius 2 is 1.96 bits per heavy atom. The van der Waals surface area contributed by atoms with E-state index in [0.29, 0.717) is 30.1 Å². The number of fused-ring (bicyclic) bond motifs is 1. The fraction of sp³-hybridized carbons (Fsp3) is 0.333. The molecular weight excluding hydrogens is 424 g/mol. The largest absolute Gasteiger partial charge is 0.464 e. The summed E-state index contributed by atoms with van der Waals surface area (Å²) in [5.41, 5.74) is 2.13. The lowest BCUT2D eigenvalue weighted by Gasteiger charge is -2.33. The maximum absolute atomic E-state index is 13.0. The van der Waals surface area contributed by atoms with Crippen LogP contribution in [-0.4, -0.2) is 41.5 Å². The molecule has 28 heavy (non-hydrogen) atoms. The molecule has 7 heteroatoms. The van der Waals surface area contributed by atoms with E-state index in [0.717, 1.165) is 28.3 Å². The number of nitrogens with zero attached hydrogens (tertiary/aromatic N) is 2. The lowest BCUT2D eigenvalue weighted by Crippen LogP contribution is -2.39. The first-order chi connectivity index (χ1) is 13.5. The minimum atomic E-state index is -0.340. The van der Waals surface area contributed by atoms with Gasteiger partial charge < -0.3 is 18.6 Å². The van der Waals surface area contributed by atoms with Gasteiger partial charge in [-0.1, -0.05) is 15.9 Å². The SMILES string of the molecule is COC(=O)c1cccn1C1CCN(C(=O)c2oc3ccc(Br)cc3c2C)CC1. The van der Waals surface area contributed by atoms with Gasteiger partial charge in [0.1, 0.15) is 11.3 Å². The Bertz CT molecular complexity index is 1040. The molecule has 1 saturated heterocycles. The predicted molar refractivity (Wildman–Crippen MR) is 109 cm³/mol. The van der Waals surface area contributed by atoms with E-state index in [-0.39, 0.29) is 17.9 Å². The Labute approximate surface area is 171 Å². The Morgan fingerprint density at radius 1 is 1.21 bits per heavy atom. The first-order valence-electron chi connectivity index (χ1n) is 9.22. The van der Waals surface area contributed by atoms with Crippen molar-refractivity contribution in [3.63, 3.8) is 0 Å². The molecule has 1 aliphatic rings. The van der Waals surface area contributed by atoms with E-state index in [1.54, 1.807) is 6.07 Å². The molecule has 6 nitrogen and oxygen atoms in total. The van der Waals surface area contributed by atoms with E-state index in [1.807, 2.05) is 46.9 Å². The average Bonchev–Trinajstić information content (AvgIpc) is 3.32. The van der Waals surface area contributed by atoms with E-state index in [9.17, 15) is 9.59 Å². The molecule has 0 spiro atoms. The van der Waals surface area contributed by atoms with Gasteiger partial charge in [0.2, 0.25) is 0 Å². The minimum absolute atomic E-state index is 0.0797. The van der Waals surface area contributed by atoms with Crippen LogP contribution < -0.4 is 0 Å². The fourth-order valence-electron chi connectivity index (χ4n) is 3.88. The molecule has 0 atom stereocenters. The zero-order valence-electron chi connectivity index (χ0n) is 15.8. The predicted octanol–water partition coefficient (Wildman–Crippen LogP) is 4.57. The number of furan rings is 1. The standard InChI is InChI=1S/C21H21BrN2O4/c1-13-16-12-14(22)5-6-18(16)28-19(13)20(25)23-10-7-15(8-11-23)24-9-3-4-17(24)21(26)27-2/h3-6,9,12,15H,7-8,10-11H2,1-2H3. The summed E-state index contributed by atoms with van der Waals surface area (Å²) in [5, 5.41) is 0.947. The highest BCUT2D eigenvalue weighted by Gasteiger charge is 2.29. The quantitative estimate of drug-likeness (QED) is 0.555. The number of amides is 1. The lowest BCUT2D eigenvalue weighted by molar-refractivity contribution is 0.0570. The Kier molecular flexibility index (Phi) is 5.02. The number of aromatic nitrogens is 1. The molecule has 4 rings (SSSR count). The first kappa shape index (κ1) is 18.8. The van der Waals surface area contributed by atoms with E-state index in [2.05, 4.69) is 15.9 Å². The summed E-state index contributed by atoms with van der Waals surface area (Å²) >= 11 is 3.46. The maximum atomic E-state index is 13.0. The summed E-state index contributed by atoms with van der Waals surface area (Å²) in [6.45, 7) is 3.14. The Hall–Kier alpha value is -2.54. The number of aryl methyl sites for hydroxylation is 1. The number of piperidine rings is 1. The van der Waals surface area contributed by atoms with Crippen LogP contribution in [-0.2, 0) is 4.74 Å². The van der Waals surface area contributed by atoms with Gasteiger partial charge in [0, 0.05) is 40.8 Å². The van der Waals surface area contributed by atoms with Crippen molar-refractivity contribution in [3.05, 3.63) is 58.0 Å². The number of esters is 1. The number of hydrogen-bond donors (Lipinski definition) is 0. The molecule has 1 fully saturated rings. The topological polar surface area (TPSA) is 64.7 Å². The van der Waals surface area contributed by atoms with Crippen LogP contribution in [0.2, 0.25) is 0 Å². The van der Waals surface area contributed by atoms with Gasteiger partial charge in [0.15, 0.2) is 5.76 Å². The number of methoxy groups -OCH3 is 1. The van der Waals surface area contributed by atoms with Crippen LogP contribution in [0, 0.1) is 6.92 Å². The van der Waals surface area contributed by atoms with Gasteiger partial charge in [-0.2, -0.15) is 0 Å². The number of carbonyl (C=O) groups excluding carboxylic acids is 2. The highest BCUT2D eigenvalue weighted by Crippen LogP contribution is 2.31. The molecule has 146 valence electrons. The summed E-state index contributed by atoms with van der Waals surface area (Å²) in [4.78, 5) is 26.8. The van der Waals surface area contributed by atoms with Gasteiger partial charge in [-0.05, 0) is 50.1 Å². The van der Waals surface area contributed by atoms with Crippen LogP contribution in [0.25, 0.3) is 11.0 Å². The van der Waals surface area contributed by atoms with Gasteiger partial charge in [-0.15, -0.1) is 0 Å². The molecule has 0 radical (unpaired) electrons. The molecular formula is C21H21BrN2O4. The van der Waals surface area contributed by atoms with Crippen LogP contribution in [0.4, 0.5) is 0 Å². The number of carbonyl (C=O) groups is 2. The normalized spacial score (nSPS) is 15.2. The second-order valence-electron chi connectivity index (χ2n) is 7.01. The van der Waals surface area contributed by atoms with Crippen LogP contribution in [0.1, 0.15) is 45.5 Å². The van der Waals surface area contributed by atoms with Gasteiger partial charge >= 0.3 is 5.97 Å². The third-order valence-electron chi connectivity index (χ3n) is 5.41. The van der Waals surface area contributed by atoms with Crippen molar-refractivity contribution in [2.24, 2.45) is 0 Å².